The van der Waals surface area contributed by atoms with Gasteiger partial charge in [-0.2, -0.15) is 0 Å². The van der Waals surface area contributed by atoms with Crippen molar-refractivity contribution in [3.8, 4) is 11.3 Å². The van der Waals surface area contributed by atoms with E-state index in [1.165, 1.54) is 33.5 Å². The Labute approximate surface area is 148 Å². The van der Waals surface area contributed by atoms with Gasteiger partial charge >= 0.3 is 5.97 Å². The molecule has 0 saturated heterocycles. The smallest absolute Gasteiger partial charge is 0.338 e. The molecule has 4 rings (SSSR count). The molecule has 0 atom stereocenters. The van der Waals surface area contributed by atoms with Crippen LogP contribution in [-0.4, -0.2) is 17.1 Å². The zero-order chi connectivity index (χ0) is 17.6. The maximum atomic E-state index is 12.2. The second kappa shape index (κ2) is 6.07. The minimum Gasteiger partial charge on any atom is -0.462 e. The molecule has 0 N–H and O–H groups in total. The summed E-state index contributed by atoms with van der Waals surface area (Å²) in [4.78, 5) is 12.2. The van der Waals surface area contributed by atoms with Gasteiger partial charge in [-0.1, -0.05) is 17.2 Å². The van der Waals surface area contributed by atoms with Gasteiger partial charge in [0, 0.05) is 17.6 Å². The van der Waals surface area contributed by atoms with Crippen LogP contribution in [0, 0.1) is 13.8 Å². The summed E-state index contributed by atoms with van der Waals surface area (Å²) < 4.78 is 7.62. The van der Waals surface area contributed by atoms with Gasteiger partial charge in [0.25, 0.3) is 0 Å². The third-order valence-corrected chi connectivity index (χ3v) is 4.93. The predicted molar refractivity (Wildman–Crippen MR) is 101 cm³/mol. The molecule has 1 aromatic heterocycles. The zero-order valence-electron chi connectivity index (χ0n) is 15.1. The van der Waals surface area contributed by atoms with E-state index < -0.39 is 0 Å². The number of esters is 1. The van der Waals surface area contributed by atoms with Gasteiger partial charge in [0.05, 0.1) is 17.7 Å². The SMILES string of the molecule is CCOC(=O)c1cc2c3c(c1)cc(-c1cc(C)cc(C)c1)n3CCC2. The van der Waals surface area contributed by atoms with Crippen LogP contribution in [0.5, 0.6) is 0 Å². The van der Waals surface area contributed by atoms with Crippen molar-refractivity contribution in [2.24, 2.45) is 0 Å². The lowest BCUT2D eigenvalue weighted by Crippen LogP contribution is -2.11. The molecule has 25 heavy (non-hydrogen) atoms. The minimum atomic E-state index is -0.230. The molecule has 0 saturated carbocycles. The largest absolute Gasteiger partial charge is 0.462 e. The summed E-state index contributed by atoms with van der Waals surface area (Å²) in [5.74, 6) is -0.230. The maximum Gasteiger partial charge on any atom is 0.338 e. The molecule has 3 aromatic rings. The number of nitrogens with zero attached hydrogens (tertiary/aromatic N) is 1. The van der Waals surface area contributed by atoms with E-state index in [0.717, 1.165) is 24.8 Å². The Hall–Kier alpha value is -2.55. The van der Waals surface area contributed by atoms with Gasteiger partial charge in [-0.3, -0.25) is 0 Å². The Balaban J connectivity index is 1.93. The average Bonchev–Trinajstić information content (AvgIpc) is 2.95. The van der Waals surface area contributed by atoms with Gasteiger partial charge in [-0.05, 0) is 75.1 Å². The zero-order valence-corrected chi connectivity index (χ0v) is 15.1. The Kier molecular flexibility index (Phi) is 3.87. The number of ether oxygens (including phenoxy) is 1. The topological polar surface area (TPSA) is 31.2 Å². The Morgan fingerprint density at radius 3 is 2.56 bits per heavy atom. The molecule has 3 heteroatoms. The molecule has 128 valence electrons. The van der Waals surface area contributed by atoms with E-state index in [0.29, 0.717) is 12.2 Å². The summed E-state index contributed by atoms with van der Waals surface area (Å²) in [6.07, 6.45) is 2.11. The van der Waals surface area contributed by atoms with Crippen LogP contribution in [0.25, 0.3) is 22.2 Å². The molecule has 1 aliphatic heterocycles. The van der Waals surface area contributed by atoms with E-state index in [1.807, 2.05) is 19.1 Å². The highest BCUT2D eigenvalue weighted by Gasteiger charge is 2.20. The van der Waals surface area contributed by atoms with E-state index in [-0.39, 0.29) is 5.97 Å². The minimum absolute atomic E-state index is 0.230. The first kappa shape index (κ1) is 15.9. The number of carbonyl (C=O) groups is 1. The third-order valence-electron chi connectivity index (χ3n) is 4.93. The van der Waals surface area contributed by atoms with Crippen LogP contribution in [0.2, 0.25) is 0 Å². The number of rotatable bonds is 3. The van der Waals surface area contributed by atoms with Crippen molar-refractivity contribution in [3.05, 3.63) is 58.7 Å². The van der Waals surface area contributed by atoms with Crippen molar-refractivity contribution in [2.45, 2.75) is 40.2 Å². The van der Waals surface area contributed by atoms with Crippen molar-refractivity contribution < 1.29 is 9.53 Å². The fourth-order valence-electron chi connectivity index (χ4n) is 4.05. The van der Waals surface area contributed by atoms with Crippen LogP contribution < -0.4 is 0 Å². The molecule has 0 bridgehead atoms. The molecule has 3 nitrogen and oxygen atoms in total. The molecule has 0 radical (unpaired) electrons. The maximum absolute atomic E-state index is 12.2. The quantitative estimate of drug-likeness (QED) is 0.628. The number of hydrogen-bond acceptors (Lipinski definition) is 2. The summed E-state index contributed by atoms with van der Waals surface area (Å²) in [7, 11) is 0. The second-order valence-corrected chi connectivity index (χ2v) is 6.95. The first-order valence-corrected chi connectivity index (χ1v) is 8.99. The van der Waals surface area contributed by atoms with Crippen molar-refractivity contribution >= 4 is 16.9 Å². The van der Waals surface area contributed by atoms with Crippen LogP contribution in [0.1, 0.15) is 40.4 Å². The number of aromatic nitrogens is 1. The van der Waals surface area contributed by atoms with E-state index in [4.69, 9.17) is 4.74 Å². The first-order chi connectivity index (χ1) is 12.1. The summed E-state index contributed by atoms with van der Waals surface area (Å²) in [6, 6.07) is 12.9. The highest BCUT2D eigenvalue weighted by atomic mass is 16.5. The summed E-state index contributed by atoms with van der Waals surface area (Å²) in [5.41, 5.74) is 8.22. The number of hydrogen-bond donors (Lipinski definition) is 0. The van der Waals surface area contributed by atoms with Crippen LogP contribution in [0.3, 0.4) is 0 Å². The normalized spacial score (nSPS) is 13.2. The molecule has 0 fully saturated rings. The molecular formula is C22H23NO2. The summed E-state index contributed by atoms with van der Waals surface area (Å²) in [5, 5.41) is 1.13. The molecule has 0 spiro atoms. The van der Waals surface area contributed by atoms with E-state index in [2.05, 4.69) is 42.7 Å². The second-order valence-electron chi connectivity index (χ2n) is 6.95. The van der Waals surface area contributed by atoms with Crippen LogP contribution >= 0.6 is 0 Å². The van der Waals surface area contributed by atoms with Crippen molar-refractivity contribution in [3.63, 3.8) is 0 Å². The number of benzene rings is 2. The van der Waals surface area contributed by atoms with Gasteiger partial charge in [0.15, 0.2) is 0 Å². The molecular weight excluding hydrogens is 310 g/mol. The average molecular weight is 333 g/mol. The standard InChI is InChI=1S/C22H23NO2/c1-4-25-22(24)19-11-16-6-5-7-23-20(13-18(12-19)21(16)23)17-9-14(2)8-15(3)10-17/h8-13H,4-7H2,1-3H3. The predicted octanol–water partition coefficient (Wildman–Crippen LogP) is 5.05. The van der Waals surface area contributed by atoms with Crippen LogP contribution in [0.4, 0.5) is 0 Å². The lowest BCUT2D eigenvalue weighted by atomic mass is 10.0. The van der Waals surface area contributed by atoms with E-state index in [1.54, 1.807) is 0 Å². The van der Waals surface area contributed by atoms with Gasteiger partial charge in [0.2, 0.25) is 0 Å². The van der Waals surface area contributed by atoms with E-state index >= 15 is 0 Å². The lowest BCUT2D eigenvalue weighted by molar-refractivity contribution is 0.0526. The summed E-state index contributed by atoms with van der Waals surface area (Å²) >= 11 is 0. The molecule has 2 aromatic carbocycles. The Morgan fingerprint density at radius 2 is 1.84 bits per heavy atom. The molecule has 2 heterocycles. The lowest BCUT2D eigenvalue weighted by Gasteiger charge is -2.19. The first-order valence-electron chi connectivity index (χ1n) is 8.99. The highest BCUT2D eigenvalue weighted by Crippen LogP contribution is 2.35. The number of aryl methyl sites for hydroxylation is 4. The molecule has 1 aliphatic rings. The van der Waals surface area contributed by atoms with Gasteiger partial charge in [-0.25, -0.2) is 4.79 Å². The Morgan fingerprint density at radius 1 is 1.08 bits per heavy atom. The van der Waals surface area contributed by atoms with E-state index in [9.17, 15) is 4.79 Å². The third kappa shape index (κ3) is 2.74. The molecule has 0 amide bonds. The fourth-order valence-corrected chi connectivity index (χ4v) is 4.05. The molecule has 0 aliphatic carbocycles. The monoisotopic (exact) mass is 333 g/mol. The van der Waals surface area contributed by atoms with Crippen LogP contribution in [-0.2, 0) is 17.7 Å². The van der Waals surface area contributed by atoms with Crippen molar-refractivity contribution in [2.75, 3.05) is 6.61 Å². The van der Waals surface area contributed by atoms with Crippen molar-refractivity contribution in [1.82, 2.24) is 4.57 Å². The van der Waals surface area contributed by atoms with Crippen molar-refractivity contribution in [1.29, 1.82) is 0 Å². The number of carbonyl (C=O) groups excluding carboxylic acids is 1. The van der Waals surface area contributed by atoms with Gasteiger partial charge in [0.1, 0.15) is 0 Å². The summed E-state index contributed by atoms with van der Waals surface area (Å²) in [6.45, 7) is 7.55. The van der Waals surface area contributed by atoms with Gasteiger partial charge < -0.3 is 9.30 Å². The molecule has 0 unspecified atom stereocenters. The van der Waals surface area contributed by atoms with Crippen LogP contribution in [0.15, 0.2) is 36.4 Å². The van der Waals surface area contributed by atoms with Gasteiger partial charge in [-0.15, -0.1) is 0 Å². The fraction of sp³-hybridized carbons (Fsp3) is 0.318. The Bertz CT molecular complexity index is 961. The highest BCUT2D eigenvalue weighted by molar-refractivity contribution is 5.98.